The molecular weight excluding hydrogens is 306 g/mol. The molecule has 0 N–H and O–H groups in total. The number of rotatable bonds is 4. The molecule has 0 radical (unpaired) electrons. The van der Waals surface area contributed by atoms with E-state index in [-0.39, 0.29) is 16.2 Å². The molecule has 1 unspecified atom stereocenters. The summed E-state index contributed by atoms with van der Waals surface area (Å²) in [6, 6.07) is -0.00903. The third-order valence-electron chi connectivity index (χ3n) is 3.68. The number of hydrogen-bond donors (Lipinski definition) is 0. The highest BCUT2D eigenvalue weighted by atomic mass is 35.5. The van der Waals surface area contributed by atoms with E-state index in [1.807, 2.05) is 6.92 Å². The van der Waals surface area contributed by atoms with Gasteiger partial charge in [-0.2, -0.15) is 4.31 Å². The number of fused-ring (bicyclic) bond motifs is 1. The van der Waals surface area contributed by atoms with Crippen LogP contribution >= 0.6 is 22.9 Å². The molecule has 2 heterocycles. The number of aromatic nitrogens is 2. The lowest BCUT2D eigenvalue weighted by Gasteiger charge is -2.23. The maximum atomic E-state index is 12.7. The largest absolute Gasteiger partial charge is 0.279 e. The molecule has 0 aromatic carbocycles. The first-order chi connectivity index (χ1) is 8.93. The summed E-state index contributed by atoms with van der Waals surface area (Å²) in [5.41, 5.74) is 0. The van der Waals surface area contributed by atoms with E-state index in [1.165, 1.54) is 15.6 Å². The minimum Gasteiger partial charge on any atom is -0.279 e. The third kappa shape index (κ3) is 2.08. The summed E-state index contributed by atoms with van der Waals surface area (Å²) >= 11 is 7.37. The average Bonchev–Trinajstić information content (AvgIpc) is 3.02. The van der Waals surface area contributed by atoms with Crippen LogP contribution in [0.25, 0.3) is 4.96 Å². The van der Waals surface area contributed by atoms with Crippen LogP contribution in [0.3, 0.4) is 0 Å². The molecule has 0 spiro atoms. The minimum atomic E-state index is -3.62. The van der Waals surface area contributed by atoms with Crippen LogP contribution in [0.5, 0.6) is 0 Å². The second-order valence-corrected chi connectivity index (χ2v) is 8.01. The first-order valence-electron chi connectivity index (χ1n) is 6.02. The van der Waals surface area contributed by atoms with Gasteiger partial charge < -0.3 is 0 Å². The number of halogens is 1. The molecule has 104 valence electrons. The van der Waals surface area contributed by atoms with Gasteiger partial charge in [-0.15, -0.1) is 11.3 Å². The van der Waals surface area contributed by atoms with Crippen molar-refractivity contribution >= 4 is 37.9 Å². The summed E-state index contributed by atoms with van der Waals surface area (Å²) < 4.78 is 28.3. The Bertz CT molecular complexity index is 717. The Morgan fingerprint density at radius 3 is 2.89 bits per heavy atom. The zero-order chi connectivity index (χ0) is 13.8. The second-order valence-electron chi connectivity index (χ2n) is 4.86. The van der Waals surface area contributed by atoms with E-state index in [9.17, 15) is 8.42 Å². The topological polar surface area (TPSA) is 54.7 Å². The van der Waals surface area contributed by atoms with Crippen LogP contribution < -0.4 is 0 Å². The SMILES string of the molecule is CC(C1CC1)N(C)S(=O)(=O)c1c(Cl)nc2sccn12. The Kier molecular flexibility index (Phi) is 3.12. The van der Waals surface area contributed by atoms with Gasteiger partial charge in [0.2, 0.25) is 0 Å². The van der Waals surface area contributed by atoms with Crippen molar-refractivity contribution in [2.45, 2.75) is 30.8 Å². The lowest BCUT2D eigenvalue weighted by Crippen LogP contribution is -2.37. The van der Waals surface area contributed by atoms with Gasteiger partial charge in [0, 0.05) is 24.7 Å². The van der Waals surface area contributed by atoms with E-state index in [2.05, 4.69) is 4.98 Å². The molecule has 1 saturated carbocycles. The predicted molar refractivity (Wildman–Crippen MR) is 75.2 cm³/mol. The summed E-state index contributed by atoms with van der Waals surface area (Å²) in [6.45, 7) is 1.94. The molecule has 2 aromatic rings. The normalized spacial score (nSPS) is 18.3. The number of hydrogen-bond acceptors (Lipinski definition) is 4. The number of nitrogens with zero attached hydrogens (tertiary/aromatic N) is 3. The molecule has 8 heteroatoms. The number of thiazole rings is 1. The molecule has 2 aromatic heterocycles. The Balaban J connectivity index is 2.08. The Morgan fingerprint density at radius 2 is 2.26 bits per heavy atom. The van der Waals surface area contributed by atoms with Gasteiger partial charge in [-0.3, -0.25) is 4.40 Å². The van der Waals surface area contributed by atoms with Gasteiger partial charge in [-0.1, -0.05) is 11.6 Å². The minimum absolute atomic E-state index is 0.00903. The van der Waals surface area contributed by atoms with Crippen molar-refractivity contribution in [2.24, 2.45) is 5.92 Å². The fraction of sp³-hybridized carbons (Fsp3) is 0.545. The quantitative estimate of drug-likeness (QED) is 0.870. The van der Waals surface area contributed by atoms with Crippen molar-refractivity contribution in [3.8, 4) is 0 Å². The molecular formula is C11H14ClN3O2S2. The Hall–Kier alpha value is -0.630. The van der Waals surface area contributed by atoms with Crippen LogP contribution in [0.4, 0.5) is 0 Å². The van der Waals surface area contributed by atoms with Crippen molar-refractivity contribution in [3.05, 3.63) is 16.7 Å². The van der Waals surface area contributed by atoms with Crippen molar-refractivity contribution in [2.75, 3.05) is 7.05 Å². The maximum Gasteiger partial charge on any atom is 0.262 e. The lowest BCUT2D eigenvalue weighted by atomic mass is 10.2. The fourth-order valence-electron chi connectivity index (χ4n) is 2.20. The molecule has 0 bridgehead atoms. The smallest absolute Gasteiger partial charge is 0.262 e. The molecule has 0 aliphatic heterocycles. The zero-order valence-electron chi connectivity index (χ0n) is 10.6. The van der Waals surface area contributed by atoms with Gasteiger partial charge >= 0.3 is 0 Å². The van der Waals surface area contributed by atoms with Gasteiger partial charge in [-0.05, 0) is 25.7 Å². The monoisotopic (exact) mass is 319 g/mol. The van der Waals surface area contributed by atoms with Gasteiger partial charge in [-0.25, -0.2) is 13.4 Å². The summed E-state index contributed by atoms with van der Waals surface area (Å²) in [7, 11) is -2.01. The maximum absolute atomic E-state index is 12.7. The van der Waals surface area contributed by atoms with Gasteiger partial charge in [0.1, 0.15) is 0 Å². The zero-order valence-corrected chi connectivity index (χ0v) is 13.0. The number of sulfonamides is 1. The molecule has 19 heavy (non-hydrogen) atoms. The molecule has 5 nitrogen and oxygen atoms in total. The van der Waals surface area contributed by atoms with Crippen LogP contribution in [0, 0.1) is 5.92 Å². The van der Waals surface area contributed by atoms with E-state index in [0.717, 1.165) is 12.8 Å². The highest BCUT2D eigenvalue weighted by molar-refractivity contribution is 7.89. The molecule has 1 aliphatic rings. The van der Waals surface area contributed by atoms with Crippen LogP contribution in [0.15, 0.2) is 16.6 Å². The first kappa shape index (κ1) is 13.4. The molecule has 1 aliphatic carbocycles. The summed E-state index contributed by atoms with van der Waals surface area (Å²) in [4.78, 5) is 4.68. The molecule has 0 saturated heterocycles. The lowest BCUT2D eigenvalue weighted by molar-refractivity contribution is 0.355. The first-order valence-corrected chi connectivity index (χ1v) is 8.72. The van der Waals surface area contributed by atoms with Crippen LogP contribution in [0.1, 0.15) is 19.8 Å². The van der Waals surface area contributed by atoms with Crippen LogP contribution in [-0.2, 0) is 10.0 Å². The van der Waals surface area contributed by atoms with Crippen molar-refractivity contribution in [3.63, 3.8) is 0 Å². The van der Waals surface area contributed by atoms with Crippen LogP contribution in [0.2, 0.25) is 5.15 Å². The van der Waals surface area contributed by atoms with Gasteiger partial charge in [0.05, 0.1) is 0 Å². The average molecular weight is 320 g/mol. The van der Waals surface area contributed by atoms with Crippen molar-refractivity contribution in [1.29, 1.82) is 0 Å². The Labute approximate surface area is 120 Å². The van der Waals surface area contributed by atoms with Gasteiger partial charge in [0.15, 0.2) is 15.1 Å². The second kappa shape index (κ2) is 4.44. The van der Waals surface area contributed by atoms with E-state index in [1.54, 1.807) is 23.0 Å². The van der Waals surface area contributed by atoms with Gasteiger partial charge in [0.25, 0.3) is 10.0 Å². The summed E-state index contributed by atoms with van der Waals surface area (Å²) in [6.07, 6.45) is 3.87. The van der Waals surface area contributed by atoms with Crippen molar-refractivity contribution in [1.82, 2.24) is 13.7 Å². The summed E-state index contributed by atoms with van der Waals surface area (Å²) in [5.74, 6) is 0.462. The molecule has 0 amide bonds. The molecule has 3 rings (SSSR count). The van der Waals surface area contributed by atoms with E-state index in [0.29, 0.717) is 10.9 Å². The molecule has 1 atom stereocenters. The van der Waals surface area contributed by atoms with Crippen molar-refractivity contribution < 1.29 is 8.42 Å². The summed E-state index contributed by atoms with van der Waals surface area (Å²) in [5, 5.41) is 1.91. The standard InChI is InChI=1S/C11H14ClN3O2S2/c1-7(8-3-4-8)14(2)19(16,17)10-9(12)13-11-15(10)5-6-18-11/h5-8H,3-4H2,1-2H3. The van der Waals surface area contributed by atoms with E-state index >= 15 is 0 Å². The highest BCUT2D eigenvalue weighted by Gasteiger charge is 2.38. The molecule has 1 fully saturated rings. The Morgan fingerprint density at radius 1 is 1.58 bits per heavy atom. The number of imidazole rings is 1. The fourth-order valence-corrected chi connectivity index (χ4v) is 5.02. The van der Waals surface area contributed by atoms with E-state index < -0.39 is 10.0 Å². The van der Waals surface area contributed by atoms with Crippen LogP contribution in [-0.4, -0.2) is 35.2 Å². The van der Waals surface area contributed by atoms with E-state index in [4.69, 9.17) is 11.6 Å². The highest BCUT2D eigenvalue weighted by Crippen LogP contribution is 2.37. The predicted octanol–water partition coefficient (Wildman–Crippen LogP) is 2.47. The third-order valence-corrected chi connectivity index (χ3v) is 6.78.